The molecule has 0 aliphatic heterocycles. The number of ether oxygens (including phenoxy) is 1. The molecule has 12 heavy (non-hydrogen) atoms. The average Bonchev–Trinajstić information content (AvgIpc) is 2.10. The number of hydrogen-bond donors (Lipinski definition) is 2. The second-order valence-electron chi connectivity index (χ2n) is 2.94. The molecule has 1 atom stereocenters. The van der Waals surface area contributed by atoms with Crippen molar-refractivity contribution in [1.82, 2.24) is 10.6 Å². The van der Waals surface area contributed by atoms with Crippen molar-refractivity contribution >= 4 is 0 Å². The SMILES string of the molecule is CCOCCCNCC(C)NC. The van der Waals surface area contributed by atoms with Gasteiger partial charge in [-0.05, 0) is 33.9 Å². The Morgan fingerprint density at radius 3 is 2.75 bits per heavy atom. The molecule has 0 amide bonds. The van der Waals surface area contributed by atoms with Gasteiger partial charge >= 0.3 is 0 Å². The highest BCUT2D eigenvalue weighted by molar-refractivity contribution is 4.59. The highest BCUT2D eigenvalue weighted by atomic mass is 16.5. The summed E-state index contributed by atoms with van der Waals surface area (Å²) in [5, 5.41) is 6.53. The van der Waals surface area contributed by atoms with E-state index in [9.17, 15) is 0 Å². The Balaban J connectivity index is 2.90. The quantitative estimate of drug-likeness (QED) is 0.529. The van der Waals surface area contributed by atoms with Crippen LogP contribution in [-0.4, -0.2) is 39.4 Å². The average molecular weight is 174 g/mol. The summed E-state index contributed by atoms with van der Waals surface area (Å²) in [7, 11) is 1.98. The molecule has 0 fully saturated rings. The Labute approximate surface area is 75.9 Å². The molecule has 0 aliphatic rings. The molecule has 0 radical (unpaired) electrons. The van der Waals surface area contributed by atoms with E-state index < -0.39 is 0 Å². The molecular formula is C9H22N2O. The third kappa shape index (κ3) is 7.98. The lowest BCUT2D eigenvalue weighted by Crippen LogP contribution is -2.34. The largest absolute Gasteiger partial charge is 0.382 e. The first kappa shape index (κ1) is 11.9. The summed E-state index contributed by atoms with van der Waals surface area (Å²) in [6.45, 7) is 7.96. The molecule has 0 aromatic rings. The number of nitrogens with one attached hydrogen (secondary N) is 2. The van der Waals surface area contributed by atoms with Gasteiger partial charge in [0.2, 0.25) is 0 Å². The third-order valence-electron chi connectivity index (χ3n) is 1.79. The molecule has 2 N–H and O–H groups in total. The van der Waals surface area contributed by atoms with Gasteiger partial charge in [-0.15, -0.1) is 0 Å². The molecule has 3 heteroatoms. The van der Waals surface area contributed by atoms with E-state index >= 15 is 0 Å². The molecule has 1 unspecified atom stereocenters. The molecule has 0 aliphatic carbocycles. The van der Waals surface area contributed by atoms with Crippen LogP contribution in [0.3, 0.4) is 0 Å². The molecule has 0 rings (SSSR count). The van der Waals surface area contributed by atoms with Crippen molar-refractivity contribution in [3.05, 3.63) is 0 Å². The molecular weight excluding hydrogens is 152 g/mol. The fraction of sp³-hybridized carbons (Fsp3) is 1.00. The number of hydrogen-bond acceptors (Lipinski definition) is 3. The zero-order chi connectivity index (χ0) is 9.23. The van der Waals surface area contributed by atoms with Crippen molar-refractivity contribution in [1.29, 1.82) is 0 Å². The summed E-state index contributed by atoms with van der Waals surface area (Å²) < 4.78 is 5.21. The molecule has 0 heterocycles. The lowest BCUT2D eigenvalue weighted by molar-refractivity contribution is 0.144. The van der Waals surface area contributed by atoms with Gasteiger partial charge in [-0.2, -0.15) is 0 Å². The standard InChI is InChI=1S/C9H22N2O/c1-4-12-7-5-6-11-8-9(2)10-3/h9-11H,4-8H2,1-3H3. The Morgan fingerprint density at radius 1 is 1.42 bits per heavy atom. The van der Waals surface area contributed by atoms with E-state index in [0.717, 1.165) is 32.7 Å². The Kier molecular flexibility index (Phi) is 8.88. The second kappa shape index (κ2) is 8.97. The van der Waals surface area contributed by atoms with Crippen molar-refractivity contribution in [3.8, 4) is 0 Å². The van der Waals surface area contributed by atoms with E-state index in [1.807, 2.05) is 14.0 Å². The minimum absolute atomic E-state index is 0.553. The van der Waals surface area contributed by atoms with Gasteiger partial charge < -0.3 is 15.4 Å². The normalized spacial score (nSPS) is 13.2. The van der Waals surface area contributed by atoms with Gasteiger partial charge in [0.1, 0.15) is 0 Å². The van der Waals surface area contributed by atoms with Crippen LogP contribution in [0.15, 0.2) is 0 Å². The maximum absolute atomic E-state index is 5.21. The van der Waals surface area contributed by atoms with Crippen molar-refractivity contribution in [3.63, 3.8) is 0 Å². The first-order valence-corrected chi connectivity index (χ1v) is 4.77. The van der Waals surface area contributed by atoms with Crippen LogP contribution in [0.5, 0.6) is 0 Å². The predicted octanol–water partition coefficient (Wildman–Crippen LogP) is 0.611. The minimum atomic E-state index is 0.553. The number of likely N-dealkylation sites (N-methyl/N-ethyl adjacent to an activating group) is 1. The summed E-state index contributed by atoms with van der Waals surface area (Å²) in [4.78, 5) is 0. The topological polar surface area (TPSA) is 33.3 Å². The lowest BCUT2D eigenvalue weighted by atomic mass is 10.3. The van der Waals surface area contributed by atoms with Crippen LogP contribution in [0, 0.1) is 0 Å². The molecule has 0 bridgehead atoms. The van der Waals surface area contributed by atoms with Crippen LogP contribution < -0.4 is 10.6 Å². The maximum atomic E-state index is 5.21. The van der Waals surface area contributed by atoms with Crippen LogP contribution in [0.1, 0.15) is 20.3 Å². The summed E-state index contributed by atoms with van der Waals surface area (Å²) in [6, 6.07) is 0.553. The van der Waals surface area contributed by atoms with E-state index in [2.05, 4.69) is 17.6 Å². The van der Waals surface area contributed by atoms with Gasteiger partial charge in [0.25, 0.3) is 0 Å². The molecule has 3 nitrogen and oxygen atoms in total. The molecule has 0 aromatic heterocycles. The minimum Gasteiger partial charge on any atom is -0.382 e. The lowest BCUT2D eigenvalue weighted by Gasteiger charge is -2.10. The van der Waals surface area contributed by atoms with Gasteiger partial charge in [0.05, 0.1) is 0 Å². The van der Waals surface area contributed by atoms with Gasteiger partial charge in [0, 0.05) is 25.8 Å². The molecule has 0 aromatic carbocycles. The molecule has 0 spiro atoms. The molecule has 0 saturated carbocycles. The maximum Gasteiger partial charge on any atom is 0.0477 e. The van der Waals surface area contributed by atoms with Gasteiger partial charge in [-0.1, -0.05) is 0 Å². The highest BCUT2D eigenvalue weighted by Gasteiger charge is 1.95. The monoisotopic (exact) mass is 174 g/mol. The van der Waals surface area contributed by atoms with Crippen molar-refractivity contribution < 1.29 is 4.74 Å². The summed E-state index contributed by atoms with van der Waals surface area (Å²) in [5.41, 5.74) is 0. The summed E-state index contributed by atoms with van der Waals surface area (Å²) in [6.07, 6.45) is 1.10. The summed E-state index contributed by atoms with van der Waals surface area (Å²) in [5.74, 6) is 0. The fourth-order valence-corrected chi connectivity index (χ4v) is 0.864. The fourth-order valence-electron chi connectivity index (χ4n) is 0.864. The van der Waals surface area contributed by atoms with Gasteiger partial charge in [-0.3, -0.25) is 0 Å². The number of rotatable bonds is 8. The van der Waals surface area contributed by atoms with Gasteiger partial charge in [-0.25, -0.2) is 0 Å². The van der Waals surface area contributed by atoms with Crippen LogP contribution in [0.2, 0.25) is 0 Å². The first-order chi connectivity index (χ1) is 5.81. The van der Waals surface area contributed by atoms with Crippen molar-refractivity contribution in [2.75, 3.05) is 33.4 Å². The van der Waals surface area contributed by atoms with Crippen molar-refractivity contribution in [2.45, 2.75) is 26.3 Å². The predicted molar refractivity (Wildman–Crippen MR) is 52.5 cm³/mol. The van der Waals surface area contributed by atoms with Crippen molar-refractivity contribution in [2.24, 2.45) is 0 Å². The smallest absolute Gasteiger partial charge is 0.0477 e. The Morgan fingerprint density at radius 2 is 2.17 bits per heavy atom. The van der Waals surface area contributed by atoms with Crippen LogP contribution in [0.4, 0.5) is 0 Å². The highest BCUT2D eigenvalue weighted by Crippen LogP contribution is 1.81. The molecule has 74 valence electrons. The van der Waals surface area contributed by atoms with E-state index in [4.69, 9.17) is 4.74 Å². The van der Waals surface area contributed by atoms with Gasteiger partial charge in [0.15, 0.2) is 0 Å². The van der Waals surface area contributed by atoms with Crippen LogP contribution in [-0.2, 0) is 4.74 Å². The zero-order valence-corrected chi connectivity index (χ0v) is 8.52. The Hall–Kier alpha value is -0.120. The first-order valence-electron chi connectivity index (χ1n) is 4.77. The summed E-state index contributed by atoms with van der Waals surface area (Å²) >= 11 is 0. The van der Waals surface area contributed by atoms with E-state index in [1.54, 1.807) is 0 Å². The van der Waals surface area contributed by atoms with E-state index in [0.29, 0.717) is 6.04 Å². The molecule has 0 saturated heterocycles. The van der Waals surface area contributed by atoms with Crippen LogP contribution >= 0.6 is 0 Å². The third-order valence-corrected chi connectivity index (χ3v) is 1.79. The van der Waals surface area contributed by atoms with E-state index in [-0.39, 0.29) is 0 Å². The second-order valence-corrected chi connectivity index (χ2v) is 2.94. The van der Waals surface area contributed by atoms with Crippen LogP contribution in [0.25, 0.3) is 0 Å². The van der Waals surface area contributed by atoms with E-state index in [1.165, 1.54) is 0 Å². The zero-order valence-electron chi connectivity index (χ0n) is 8.52. The Bertz CT molecular complexity index is 88.6.